The van der Waals surface area contributed by atoms with Gasteiger partial charge in [0.2, 0.25) is 0 Å². The van der Waals surface area contributed by atoms with Gasteiger partial charge in [-0.15, -0.1) is 0 Å². The molecule has 0 spiro atoms. The summed E-state index contributed by atoms with van der Waals surface area (Å²) in [5.41, 5.74) is 0. The second-order valence-electron chi connectivity index (χ2n) is 5.42. The van der Waals surface area contributed by atoms with Crippen LogP contribution in [0.25, 0.3) is 0 Å². The molecular formula is C15H29BrO3. The minimum atomic E-state index is -0.179. The molecule has 0 bridgehead atoms. The van der Waals surface area contributed by atoms with Crippen LogP contribution >= 0.6 is 15.9 Å². The summed E-state index contributed by atoms with van der Waals surface area (Å²) in [5, 5.41) is 8.98. The lowest BCUT2D eigenvalue weighted by atomic mass is 10.1. The predicted octanol–water partition coefficient (Wildman–Crippen LogP) is 4.01. The quantitative estimate of drug-likeness (QED) is 0.457. The van der Waals surface area contributed by atoms with E-state index in [4.69, 9.17) is 14.6 Å². The number of aliphatic hydroxyl groups excluding tert-OH is 1. The summed E-state index contributed by atoms with van der Waals surface area (Å²) in [6.07, 6.45) is 11.5. The number of halogens is 1. The van der Waals surface area contributed by atoms with Gasteiger partial charge in [-0.25, -0.2) is 0 Å². The molecule has 1 fully saturated rings. The molecule has 1 rings (SSSR count). The van der Waals surface area contributed by atoms with Crippen molar-refractivity contribution in [2.45, 2.75) is 81.9 Å². The van der Waals surface area contributed by atoms with Crippen LogP contribution in [0.4, 0.5) is 0 Å². The van der Waals surface area contributed by atoms with Crippen molar-refractivity contribution in [1.82, 2.24) is 0 Å². The Labute approximate surface area is 126 Å². The molecule has 1 saturated heterocycles. The minimum Gasteiger partial charge on any atom is -0.394 e. The molecule has 3 atom stereocenters. The summed E-state index contributed by atoms with van der Waals surface area (Å²) in [4.78, 5) is 0.254. The van der Waals surface area contributed by atoms with Crippen molar-refractivity contribution in [2.24, 2.45) is 0 Å². The fourth-order valence-electron chi connectivity index (χ4n) is 2.37. The molecule has 0 amide bonds. The molecule has 0 aromatic rings. The summed E-state index contributed by atoms with van der Waals surface area (Å²) in [6.45, 7) is 2.82. The van der Waals surface area contributed by atoms with E-state index in [2.05, 4.69) is 22.9 Å². The van der Waals surface area contributed by atoms with Crippen molar-refractivity contribution >= 4 is 15.9 Å². The fraction of sp³-hybridized carbons (Fsp3) is 1.00. The van der Waals surface area contributed by atoms with Gasteiger partial charge in [0.1, 0.15) is 6.10 Å². The van der Waals surface area contributed by atoms with E-state index in [1.54, 1.807) is 0 Å². The zero-order chi connectivity index (χ0) is 13.9. The molecule has 0 aromatic carbocycles. The van der Waals surface area contributed by atoms with Crippen LogP contribution in [-0.4, -0.2) is 35.5 Å². The molecule has 0 unspecified atom stereocenters. The Bertz CT molecular complexity index is 214. The van der Waals surface area contributed by atoms with Gasteiger partial charge < -0.3 is 14.6 Å². The highest BCUT2D eigenvalue weighted by Crippen LogP contribution is 2.24. The van der Waals surface area contributed by atoms with Crippen molar-refractivity contribution < 1.29 is 14.6 Å². The lowest BCUT2D eigenvalue weighted by molar-refractivity contribution is -0.0646. The van der Waals surface area contributed by atoms with Gasteiger partial charge in [0.05, 0.1) is 18.0 Å². The zero-order valence-corrected chi connectivity index (χ0v) is 13.7. The van der Waals surface area contributed by atoms with Gasteiger partial charge in [-0.1, -0.05) is 74.2 Å². The number of alkyl halides is 1. The number of ether oxygens (including phenoxy) is 2. The Morgan fingerprint density at radius 1 is 1.11 bits per heavy atom. The van der Waals surface area contributed by atoms with E-state index in [9.17, 15) is 0 Å². The number of aliphatic hydroxyl groups is 1. The third-order valence-corrected chi connectivity index (χ3v) is 4.49. The maximum Gasteiger partial charge on any atom is 0.170 e. The maximum absolute atomic E-state index is 8.98. The third kappa shape index (κ3) is 7.64. The molecule has 0 aromatic heterocycles. The lowest BCUT2D eigenvalue weighted by Gasteiger charge is -2.16. The van der Waals surface area contributed by atoms with Gasteiger partial charge in [-0.3, -0.25) is 0 Å². The van der Waals surface area contributed by atoms with Gasteiger partial charge in [-0.05, 0) is 6.42 Å². The first-order valence-corrected chi connectivity index (χ1v) is 8.71. The predicted molar refractivity (Wildman–Crippen MR) is 81.6 cm³/mol. The summed E-state index contributed by atoms with van der Waals surface area (Å²) in [5.74, 6) is 0. The smallest absolute Gasteiger partial charge is 0.170 e. The van der Waals surface area contributed by atoms with E-state index >= 15 is 0 Å². The van der Waals surface area contributed by atoms with Crippen LogP contribution in [-0.2, 0) is 9.47 Å². The van der Waals surface area contributed by atoms with Crippen LogP contribution in [0.15, 0.2) is 0 Å². The molecule has 3 nitrogen and oxygen atoms in total. The van der Waals surface area contributed by atoms with Crippen LogP contribution in [0, 0.1) is 0 Å². The Morgan fingerprint density at radius 2 is 1.74 bits per heavy atom. The van der Waals surface area contributed by atoms with Gasteiger partial charge in [0, 0.05) is 0 Å². The summed E-state index contributed by atoms with van der Waals surface area (Å²) >= 11 is 3.63. The normalized spacial score (nSPS) is 24.8. The number of hydrogen-bond acceptors (Lipinski definition) is 3. The van der Waals surface area contributed by atoms with Crippen LogP contribution in [0.5, 0.6) is 0 Å². The molecule has 1 aliphatic rings. The highest BCUT2D eigenvalue weighted by molar-refractivity contribution is 9.09. The first-order valence-electron chi connectivity index (χ1n) is 7.80. The second-order valence-corrected chi connectivity index (χ2v) is 6.60. The van der Waals surface area contributed by atoms with Crippen molar-refractivity contribution in [3.8, 4) is 0 Å². The molecule has 0 aliphatic carbocycles. The van der Waals surface area contributed by atoms with Crippen molar-refractivity contribution in [2.75, 3.05) is 13.2 Å². The molecule has 114 valence electrons. The number of rotatable bonds is 11. The lowest BCUT2D eigenvalue weighted by Crippen LogP contribution is -2.23. The zero-order valence-electron chi connectivity index (χ0n) is 12.2. The second kappa shape index (κ2) is 11.1. The maximum atomic E-state index is 8.98. The highest BCUT2D eigenvalue weighted by Gasteiger charge is 2.30. The van der Waals surface area contributed by atoms with Crippen molar-refractivity contribution in [3.63, 3.8) is 0 Å². The van der Waals surface area contributed by atoms with E-state index in [1.165, 1.54) is 51.4 Å². The summed E-state index contributed by atoms with van der Waals surface area (Å²) < 4.78 is 11.1. The molecule has 1 aliphatic heterocycles. The van der Waals surface area contributed by atoms with Crippen molar-refractivity contribution in [1.29, 1.82) is 0 Å². The molecule has 1 heterocycles. The average molecular weight is 337 g/mol. The standard InChI is InChI=1S/C15H29BrO3/c1-2-3-4-5-6-7-8-9-10-14(16)15-18-12-13(11-17)19-15/h13-15,17H,2-12H2,1H3/t13-,14-,15-/m0/s1. The van der Waals surface area contributed by atoms with Gasteiger partial charge in [0.25, 0.3) is 0 Å². The summed E-state index contributed by atoms with van der Waals surface area (Å²) in [7, 11) is 0. The Morgan fingerprint density at radius 3 is 2.32 bits per heavy atom. The van der Waals surface area contributed by atoms with E-state index in [1.807, 2.05) is 0 Å². The van der Waals surface area contributed by atoms with Gasteiger partial charge in [0.15, 0.2) is 6.29 Å². The number of hydrogen-bond donors (Lipinski definition) is 1. The molecule has 0 radical (unpaired) electrons. The van der Waals surface area contributed by atoms with Crippen LogP contribution in [0.1, 0.15) is 64.7 Å². The summed E-state index contributed by atoms with van der Waals surface area (Å²) in [6, 6.07) is 0. The third-order valence-electron chi connectivity index (χ3n) is 3.61. The fourth-order valence-corrected chi connectivity index (χ4v) is 2.97. The van der Waals surface area contributed by atoms with E-state index in [0.717, 1.165) is 6.42 Å². The Kier molecular flexibility index (Phi) is 10.1. The molecular weight excluding hydrogens is 308 g/mol. The first kappa shape index (κ1) is 17.4. The Balaban J connectivity index is 1.91. The highest BCUT2D eigenvalue weighted by atomic mass is 79.9. The first-order chi connectivity index (χ1) is 9.27. The monoisotopic (exact) mass is 336 g/mol. The van der Waals surface area contributed by atoms with Gasteiger partial charge >= 0.3 is 0 Å². The molecule has 19 heavy (non-hydrogen) atoms. The topological polar surface area (TPSA) is 38.7 Å². The van der Waals surface area contributed by atoms with Crippen LogP contribution in [0.3, 0.4) is 0 Å². The molecule has 0 saturated carbocycles. The van der Waals surface area contributed by atoms with E-state index < -0.39 is 0 Å². The molecule has 1 N–H and O–H groups in total. The van der Waals surface area contributed by atoms with Crippen LogP contribution < -0.4 is 0 Å². The SMILES string of the molecule is CCCCCCCCCC[C@H](Br)[C@H]1OC[C@H](CO)O1. The average Bonchev–Trinajstić information content (AvgIpc) is 2.90. The number of unbranched alkanes of at least 4 members (excludes halogenated alkanes) is 7. The Hall–Kier alpha value is 0.360. The van der Waals surface area contributed by atoms with E-state index in [-0.39, 0.29) is 23.8 Å². The minimum absolute atomic E-state index is 0.0496. The largest absolute Gasteiger partial charge is 0.394 e. The van der Waals surface area contributed by atoms with Crippen LogP contribution in [0.2, 0.25) is 0 Å². The molecule has 4 heteroatoms. The van der Waals surface area contributed by atoms with E-state index in [0.29, 0.717) is 6.61 Å². The van der Waals surface area contributed by atoms with Crippen molar-refractivity contribution in [3.05, 3.63) is 0 Å². The van der Waals surface area contributed by atoms with Gasteiger partial charge in [-0.2, -0.15) is 0 Å².